The Morgan fingerprint density at radius 1 is 0.735 bits per heavy atom. The van der Waals surface area contributed by atoms with Crippen molar-refractivity contribution in [2.45, 2.75) is 27.3 Å². The molecule has 0 atom stereocenters. The normalized spacial score (nSPS) is 12.1. The smallest absolute Gasteiger partial charge is 0.146 e. The lowest BCUT2D eigenvalue weighted by Gasteiger charge is -2.11. The first kappa shape index (κ1) is 19.4. The topological polar surface area (TPSA) is 22.2 Å². The van der Waals surface area contributed by atoms with Crippen LogP contribution in [-0.4, -0.2) is 14.0 Å². The van der Waals surface area contributed by atoms with Gasteiger partial charge in [0.1, 0.15) is 5.65 Å². The summed E-state index contributed by atoms with van der Waals surface area (Å²) in [5, 5.41) is 5.05. The van der Waals surface area contributed by atoms with Crippen molar-refractivity contribution >= 4 is 49.3 Å². The largest absolute Gasteiger partial charge is 0.341 e. The van der Waals surface area contributed by atoms with Gasteiger partial charge in [-0.25, -0.2) is 4.98 Å². The van der Waals surface area contributed by atoms with Gasteiger partial charge in [-0.3, -0.25) is 4.40 Å². The van der Waals surface area contributed by atoms with Crippen LogP contribution in [0.2, 0.25) is 0 Å². The van der Waals surface area contributed by atoms with Gasteiger partial charge < -0.3 is 4.57 Å². The predicted molar refractivity (Wildman–Crippen MR) is 144 cm³/mol. The van der Waals surface area contributed by atoms with Gasteiger partial charge in [-0.05, 0) is 73.7 Å². The monoisotopic (exact) mass is 439 g/mol. The zero-order chi connectivity index (χ0) is 23.0. The van der Waals surface area contributed by atoms with Crippen LogP contribution in [0, 0.1) is 13.8 Å². The number of aromatic nitrogens is 3. The van der Waals surface area contributed by atoms with Gasteiger partial charge in [-0.2, -0.15) is 0 Å². The van der Waals surface area contributed by atoms with Gasteiger partial charge in [-0.15, -0.1) is 0 Å². The van der Waals surface area contributed by atoms with E-state index in [4.69, 9.17) is 4.98 Å². The maximum absolute atomic E-state index is 5.13. The van der Waals surface area contributed by atoms with Gasteiger partial charge in [0.25, 0.3) is 0 Å². The number of hydrogen-bond acceptors (Lipinski definition) is 1. The average Bonchev–Trinajstić information content (AvgIpc) is 3.39. The molecule has 7 aromatic rings. The van der Waals surface area contributed by atoms with Gasteiger partial charge >= 0.3 is 0 Å². The standard InChI is InChI=1S/C31H25N3/c1-4-33-29-17-22-16-28(21-10-6-5-7-11-21)34-27-13-9-8-12-26(27)32-31(34)23(22)18-24(29)25-15-19(2)14-20(3)30(25)33/h5-18H,4H2,1-3H3. The first-order valence-electron chi connectivity index (χ1n) is 12.0. The summed E-state index contributed by atoms with van der Waals surface area (Å²) in [6, 6.07) is 30.8. The summed E-state index contributed by atoms with van der Waals surface area (Å²) >= 11 is 0. The Labute approximate surface area is 197 Å². The van der Waals surface area contributed by atoms with E-state index in [2.05, 4.69) is 115 Å². The van der Waals surface area contributed by atoms with E-state index in [1.807, 2.05) is 0 Å². The molecule has 0 aliphatic heterocycles. The number of benzene rings is 4. The van der Waals surface area contributed by atoms with Gasteiger partial charge in [0, 0.05) is 28.2 Å². The van der Waals surface area contributed by atoms with Crippen molar-refractivity contribution in [3.8, 4) is 11.3 Å². The Balaban J connectivity index is 1.72. The lowest BCUT2D eigenvalue weighted by Crippen LogP contribution is -1.96. The van der Waals surface area contributed by atoms with Crippen LogP contribution in [0.4, 0.5) is 0 Å². The van der Waals surface area contributed by atoms with E-state index >= 15 is 0 Å². The number of nitrogens with zero attached hydrogens (tertiary/aromatic N) is 3. The zero-order valence-electron chi connectivity index (χ0n) is 19.6. The molecular formula is C31H25N3. The quantitative estimate of drug-likeness (QED) is 0.267. The van der Waals surface area contributed by atoms with Gasteiger partial charge in [-0.1, -0.05) is 54.1 Å². The molecule has 0 aliphatic carbocycles. The number of aryl methyl sites for hydroxylation is 3. The second-order valence-electron chi connectivity index (χ2n) is 9.33. The molecule has 3 heterocycles. The summed E-state index contributed by atoms with van der Waals surface area (Å²) in [7, 11) is 0. The summed E-state index contributed by atoms with van der Waals surface area (Å²) in [5.41, 5.74) is 10.8. The van der Waals surface area contributed by atoms with Crippen molar-refractivity contribution in [2.75, 3.05) is 0 Å². The highest BCUT2D eigenvalue weighted by Crippen LogP contribution is 2.38. The number of rotatable bonds is 2. The SMILES string of the molecule is CCn1c2cc3cc(-c4ccccc4)n4c5ccccc5nc4c3cc2c2cc(C)cc(C)c21. The van der Waals surface area contributed by atoms with Crippen molar-refractivity contribution in [1.29, 1.82) is 0 Å². The fourth-order valence-corrected chi connectivity index (χ4v) is 5.81. The van der Waals surface area contributed by atoms with Crippen LogP contribution in [0.15, 0.2) is 84.9 Å². The molecule has 0 bridgehead atoms. The van der Waals surface area contributed by atoms with Crippen LogP contribution >= 0.6 is 0 Å². The fraction of sp³-hybridized carbons (Fsp3) is 0.129. The molecule has 164 valence electrons. The molecule has 0 unspecified atom stereocenters. The highest BCUT2D eigenvalue weighted by Gasteiger charge is 2.18. The molecule has 0 amide bonds. The van der Waals surface area contributed by atoms with Gasteiger partial charge in [0.2, 0.25) is 0 Å². The van der Waals surface area contributed by atoms with Crippen molar-refractivity contribution in [2.24, 2.45) is 0 Å². The minimum absolute atomic E-state index is 0.941. The number of fused-ring (bicyclic) bond motifs is 8. The van der Waals surface area contributed by atoms with E-state index < -0.39 is 0 Å². The second kappa shape index (κ2) is 6.94. The molecule has 3 nitrogen and oxygen atoms in total. The molecule has 3 aromatic heterocycles. The van der Waals surface area contributed by atoms with Crippen molar-refractivity contribution in [3.05, 3.63) is 96.1 Å². The maximum Gasteiger partial charge on any atom is 0.146 e. The zero-order valence-corrected chi connectivity index (χ0v) is 19.6. The minimum Gasteiger partial charge on any atom is -0.341 e. The van der Waals surface area contributed by atoms with Crippen molar-refractivity contribution < 1.29 is 0 Å². The third-order valence-electron chi connectivity index (χ3n) is 7.18. The maximum atomic E-state index is 5.13. The van der Waals surface area contributed by atoms with E-state index in [1.165, 1.54) is 55.0 Å². The van der Waals surface area contributed by atoms with Crippen LogP contribution < -0.4 is 0 Å². The molecule has 4 aromatic carbocycles. The third-order valence-corrected chi connectivity index (χ3v) is 7.18. The van der Waals surface area contributed by atoms with Gasteiger partial charge in [0.15, 0.2) is 0 Å². The number of imidazole rings is 1. The first-order chi connectivity index (χ1) is 16.6. The minimum atomic E-state index is 0.941. The van der Waals surface area contributed by atoms with Gasteiger partial charge in [0.05, 0.1) is 22.2 Å². The van der Waals surface area contributed by atoms with Crippen LogP contribution in [0.5, 0.6) is 0 Å². The summed E-state index contributed by atoms with van der Waals surface area (Å²) < 4.78 is 4.79. The van der Waals surface area contributed by atoms with Crippen LogP contribution in [-0.2, 0) is 6.54 Å². The molecule has 0 saturated heterocycles. The Bertz CT molecular complexity index is 1900. The molecule has 0 N–H and O–H groups in total. The molecule has 0 spiro atoms. The van der Waals surface area contributed by atoms with E-state index in [0.717, 1.165) is 23.2 Å². The Morgan fingerprint density at radius 3 is 2.35 bits per heavy atom. The predicted octanol–water partition coefficient (Wildman–Crippen LogP) is 8.05. The van der Waals surface area contributed by atoms with Crippen LogP contribution in [0.1, 0.15) is 18.1 Å². The number of pyridine rings is 1. The lowest BCUT2D eigenvalue weighted by atomic mass is 10.0. The Hall–Kier alpha value is -4.11. The second-order valence-corrected chi connectivity index (χ2v) is 9.33. The Morgan fingerprint density at radius 2 is 1.53 bits per heavy atom. The molecule has 7 rings (SSSR count). The molecular weight excluding hydrogens is 414 g/mol. The summed E-state index contributed by atoms with van der Waals surface area (Å²) in [6.07, 6.45) is 0. The molecule has 0 saturated carbocycles. The van der Waals surface area contributed by atoms with Crippen LogP contribution in [0.25, 0.3) is 60.5 Å². The number of hydrogen-bond donors (Lipinski definition) is 0. The highest BCUT2D eigenvalue weighted by atomic mass is 15.0. The summed E-state index contributed by atoms with van der Waals surface area (Å²) in [5.74, 6) is 0. The molecule has 34 heavy (non-hydrogen) atoms. The van der Waals surface area contributed by atoms with E-state index in [0.29, 0.717) is 0 Å². The third kappa shape index (κ3) is 2.55. The molecule has 3 heteroatoms. The summed E-state index contributed by atoms with van der Waals surface area (Å²) in [4.78, 5) is 5.13. The van der Waals surface area contributed by atoms with Crippen molar-refractivity contribution in [3.63, 3.8) is 0 Å². The first-order valence-corrected chi connectivity index (χ1v) is 12.0. The molecule has 0 aliphatic rings. The van der Waals surface area contributed by atoms with E-state index in [-0.39, 0.29) is 0 Å². The van der Waals surface area contributed by atoms with E-state index in [9.17, 15) is 0 Å². The lowest BCUT2D eigenvalue weighted by molar-refractivity contribution is 0.825. The number of para-hydroxylation sites is 2. The van der Waals surface area contributed by atoms with E-state index in [1.54, 1.807) is 0 Å². The van der Waals surface area contributed by atoms with Crippen LogP contribution in [0.3, 0.4) is 0 Å². The highest BCUT2D eigenvalue weighted by molar-refractivity contribution is 6.16. The molecule has 0 radical (unpaired) electrons. The Kier molecular flexibility index (Phi) is 3.96. The fourth-order valence-electron chi connectivity index (χ4n) is 5.81. The average molecular weight is 440 g/mol. The molecule has 0 fully saturated rings. The van der Waals surface area contributed by atoms with Crippen molar-refractivity contribution in [1.82, 2.24) is 14.0 Å². The summed E-state index contributed by atoms with van der Waals surface area (Å²) in [6.45, 7) is 7.60.